The van der Waals surface area contributed by atoms with Crippen LogP contribution in [0.3, 0.4) is 0 Å². The van der Waals surface area contributed by atoms with Crippen LogP contribution in [0.25, 0.3) is 0 Å². The van der Waals surface area contributed by atoms with Crippen molar-refractivity contribution in [3.05, 3.63) is 65.4 Å². The Kier molecular flexibility index (Phi) is 9.33. The predicted molar refractivity (Wildman–Crippen MR) is 124 cm³/mol. The molecule has 3 amide bonds. The summed E-state index contributed by atoms with van der Waals surface area (Å²) < 4.78 is 20.5. The summed E-state index contributed by atoms with van der Waals surface area (Å²) in [6.07, 6.45) is 7.52. The second kappa shape index (κ2) is 12.7. The van der Waals surface area contributed by atoms with E-state index in [9.17, 15) is 14.0 Å². The highest BCUT2D eigenvalue weighted by molar-refractivity contribution is 7.17. The lowest BCUT2D eigenvalue weighted by Gasteiger charge is -2.20. The van der Waals surface area contributed by atoms with Crippen LogP contribution in [-0.4, -0.2) is 52.8 Å². The Morgan fingerprint density at radius 2 is 2.03 bits per heavy atom. The number of ether oxygens (including phenoxy) is 1. The van der Waals surface area contributed by atoms with E-state index in [2.05, 4.69) is 20.6 Å². The molecule has 0 bridgehead atoms. The van der Waals surface area contributed by atoms with E-state index >= 15 is 0 Å². The zero-order valence-corrected chi connectivity index (χ0v) is 19.2. The van der Waals surface area contributed by atoms with E-state index < -0.39 is 0 Å². The van der Waals surface area contributed by atoms with Crippen molar-refractivity contribution in [2.24, 2.45) is 0 Å². The third-order valence-electron chi connectivity index (χ3n) is 4.61. The first-order valence-corrected chi connectivity index (χ1v) is 11.5. The Hall–Kier alpha value is -3.31. The molecule has 11 heteroatoms. The number of thiazole rings is 1. The molecule has 176 valence electrons. The van der Waals surface area contributed by atoms with Gasteiger partial charge in [-0.1, -0.05) is 23.5 Å². The molecule has 0 fully saturated rings. The number of amides is 3. The molecule has 9 nitrogen and oxygen atoms in total. The van der Waals surface area contributed by atoms with Gasteiger partial charge >= 0.3 is 6.03 Å². The van der Waals surface area contributed by atoms with Crippen molar-refractivity contribution in [1.29, 1.82) is 0 Å². The van der Waals surface area contributed by atoms with Gasteiger partial charge in [0, 0.05) is 38.6 Å². The second-order valence-electron chi connectivity index (χ2n) is 7.06. The molecule has 0 aliphatic rings. The molecular weight excluding hydrogens is 447 g/mol. The van der Waals surface area contributed by atoms with Crippen LogP contribution in [0, 0.1) is 5.82 Å². The highest BCUT2D eigenvalue weighted by Gasteiger charge is 2.21. The number of aryl methyl sites for hydroxylation is 1. The van der Waals surface area contributed by atoms with Gasteiger partial charge in [0.05, 0.1) is 25.7 Å². The number of nitrogens with zero attached hydrogens (tertiary/aromatic N) is 4. The normalized spacial score (nSPS) is 10.7. The van der Waals surface area contributed by atoms with Gasteiger partial charge in [0.15, 0.2) is 5.13 Å². The first-order chi connectivity index (χ1) is 16.1. The molecule has 0 aliphatic carbocycles. The molecule has 3 rings (SSSR count). The minimum Gasteiger partial charge on any atom is -0.380 e. The molecule has 0 atom stereocenters. The van der Waals surface area contributed by atoms with Gasteiger partial charge in [0.1, 0.15) is 10.7 Å². The minimum absolute atomic E-state index is 0.181. The molecule has 0 saturated heterocycles. The summed E-state index contributed by atoms with van der Waals surface area (Å²) in [5, 5.41) is 6.03. The van der Waals surface area contributed by atoms with Crippen molar-refractivity contribution in [3.63, 3.8) is 0 Å². The maximum Gasteiger partial charge on any atom is 0.324 e. The molecule has 0 radical (unpaired) electrons. The summed E-state index contributed by atoms with van der Waals surface area (Å²) >= 11 is 1.12. The summed E-state index contributed by atoms with van der Waals surface area (Å²) in [6, 6.07) is 5.52. The number of hydrogen-bond acceptors (Lipinski definition) is 6. The lowest BCUT2D eigenvalue weighted by atomic mass is 10.2. The number of nitrogens with one attached hydrogen (secondary N) is 2. The summed E-state index contributed by atoms with van der Waals surface area (Å²) in [6.45, 7) is 4.59. The molecule has 3 aromatic rings. The fraction of sp³-hybridized carbons (Fsp3) is 0.364. The van der Waals surface area contributed by atoms with Crippen LogP contribution in [-0.2, 0) is 17.8 Å². The topological polar surface area (TPSA) is 101 Å². The lowest BCUT2D eigenvalue weighted by molar-refractivity contribution is 0.0956. The zero-order chi connectivity index (χ0) is 23.5. The van der Waals surface area contributed by atoms with Gasteiger partial charge in [-0.05, 0) is 31.0 Å². The first-order valence-electron chi connectivity index (χ1n) is 10.6. The molecule has 1 aromatic carbocycles. The lowest BCUT2D eigenvalue weighted by Crippen LogP contribution is -2.41. The van der Waals surface area contributed by atoms with Crippen molar-refractivity contribution in [1.82, 2.24) is 25.2 Å². The molecular formula is C22H27FN6O3S. The largest absolute Gasteiger partial charge is 0.380 e. The average molecular weight is 475 g/mol. The van der Waals surface area contributed by atoms with Crippen LogP contribution >= 0.6 is 11.3 Å². The van der Waals surface area contributed by atoms with E-state index in [-0.39, 0.29) is 24.3 Å². The zero-order valence-electron chi connectivity index (χ0n) is 18.4. The number of urea groups is 1. The van der Waals surface area contributed by atoms with Crippen molar-refractivity contribution in [3.8, 4) is 0 Å². The van der Waals surface area contributed by atoms with E-state index in [1.54, 1.807) is 24.7 Å². The number of carbonyl (C=O) groups is 2. The van der Waals surface area contributed by atoms with Crippen LogP contribution in [0.2, 0.25) is 0 Å². The maximum absolute atomic E-state index is 13.3. The van der Waals surface area contributed by atoms with Crippen LogP contribution in [0.4, 0.5) is 14.3 Å². The van der Waals surface area contributed by atoms with Gasteiger partial charge in [-0.3, -0.25) is 9.69 Å². The Bertz CT molecular complexity index is 1010. The molecule has 0 unspecified atom stereocenters. The maximum atomic E-state index is 13.3. The highest BCUT2D eigenvalue weighted by atomic mass is 32.1. The SMILES string of the molecule is CCOCCNC(=O)N(Cc1ccc(F)cc1)c1ncc(C(=O)NCCCn2ccnc2)s1. The van der Waals surface area contributed by atoms with E-state index in [0.717, 1.165) is 29.9 Å². The van der Waals surface area contributed by atoms with Crippen molar-refractivity contribution < 1.29 is 18.7 Å². The first kappa shape index (κ1) is 24.3. The Balaban J connectivity index is 1.62. The third-order valence-corrected chi connectivity index (χ3v) is 5.63. The number of hydrogen-bond donors (Lipinski definition) is 2. The summed E-state index contributed by atoms with van der Waals surface area (Å²) in [7, 11) is 0. The van der Waals surface area contributed by atoms with E-state index in [0.29, 0.717) is 36.3 Å². The van der Waals surface area contributed by atoms with Gasteiger partial charge < -0.3 is 19.9 Å². The van der Waals surface area contributed by atoms with E-state index in [4.69, 9.17) is 4.74 Å². The summed E-state index contributed by atoms with van der Waals surface area (Å²) in [4.78, 5) is 35.4. The molecule has 0 saturated carbocycles. The Morgan fingerprint density at radius 1 is 1.21 bits per heavy atom. The Labute approximate surface area is 195 Å². The monoisotopic (exact) mass is 474 g/mol. The molecule has 0 spiro atoms. The van der Waals surface area contributed by atoms with Gasteiger partial charge in [0.25, 0.3) is 5.91 Å². The molecule has 0 aliphatic heterocycles. The molecule has 33 heavy (non-hydrogen) atoms. The molecule has 2 heterocycles. The second-order valence-corrected chi connectivity index (χ2v) is 8.07. The smallest absolute Gasteiger partial charge is 0.324 e. The van der Waals surface area contributed by atoms with Gasteiger partial charge in [0.2, 0.25) is 0 Å². The van der Waals surface area contributed by atoms with Crippen LogP contribution in [0.15, 0.2) is 49.2 Å². The van der Waals surface area contributed by atoms with Crippen molar-refractivity contribution >= 4 is 28.4 Å². The van der Waals surface area contributed by atoms with Crippen molar-refractivity contribution in [2.75, 3.05) is 31.2 Å². The van der Waals surface area contributed by atoms with Gasteiger partial charge in [-0.25, -0.2) is 19.2 Å². The number of imidazole rings is 1. The highest BCUT2D eigenvalue weighted by Crippen LogP contribution is 2.24. The van der Waals surface area contributed by atoms with E-state index in [1.165, 1.54) is 23.2 Å². The predicted octanol–water partition coefficient (Wildman–Crippen LogP) is 3.05. The summed E-state index contributed by atoms with van der Waals surface area (Å²) in [5.41, 5.74) is 0.733. The van der Waals surface area contributed by atoms with Crippen LogP contribution in [0.5, 0.6) is 0 Å². The molecule has 2 aromatic heterocycles. The van der Waals surface area contributed by atoms with Gasteiger partial charge in [-0.2, -0.15) is 0 Å². The Morgan fingerprint density at radius 3 is 2.76 bits per heavy atom. The number of rotatable bonds is 12. The third kappa shape index (κ3) is 7.65. The van der Waals surface area contributed by atoms with Gasteiger partial charge in [-0.15, -0.1) is 0 Å². The fourth-order valence-electron chi connectivity index (χ4n) is 2.93. The number of carbonyl (C=O) groups excluding carboxylic acids is 2. The standard InChI is InChI=1S/C22H27FN6O3S/c1-2-32-13-10-26-21(31)29(15-17-4-6-18(23)7-5-17)22-27-14-19(33-22)20(30)25-8-3-11-28-12-9-24-16-28/h4-7,9,12,14,16H,2-3,8,10-11,13,15H2,1H3,(H,25,30)(H,26,31). The molecule has 2 N–H and O–H groups in total. The number of aromatic nitrogens is 3. The average Bonchev–Trinajstić information content (AvgIpc) is 3.51. The van der Waals surface area contributed by atoms with Crippen LogP contribution < -0.4 is 15.5 Å². The summed E-state index contributed by atoms with van der Waals surface area (Å²) in [5.74, 6) is -0.601. The number of benzene rings is 1. The van der Waals surface area contributed by atoms with Crippen LogP contribution in [0.1, 0.15) is 28.6 Å². The van der Waals surface area contributed by atoms with Crippen molar-refractivity contribution in [2.45, 2.75) is 26.4 Å². The minimum atomic E-state index is -0.374. The quantitative estimate of drug-likeness (QED) is 0.393. The fourth-order valence-corrected chi connectivity index (χ4v) is 3.76. The number of anilines is 1. The number of halogens is 1. The van der Waals surface area contributed by atoms with E-state index in [1.807, 2.05) is 17.7 Å².